The van der Waals surface area contributed by atoms with E-state index in [1.807, 2.05) is 6.92 Å². The second-order valence-corrected chi connectivity index (χ2v) is 6.04. The molecule has 0 spiro atoms. The molecular weight excluding hydrogens is 184 g/mol. The average Bonchev–Trinajstić information content (AvgIpc) is 2.09. The zero-order valence-corrected chi connectivity index (χ0v) is 11.4. The molecule has 0 amide bonds. The van der Waals surface area contributed by atoms with E-state index in [-0.39, 0.29) is 5.41 Å². The number of rotatable bonds is 7. The highest BCUT2D eigenvalue weighted by Crippen LogP contribution is 2.34. The molecule has 0 bridgehead atoms. The van der Waals surface area contributed by atoms with Crippen molar-refractivity contribution < 1.29 is 5.11 Å². The van der Waals surface area contributed by atoms with Crippen molar-refractivity contribution in [1.82, 2.24) is 0 Å². The van der Waals surface area contributed by atoms with Gasteiger partial charge in [-0.05, 0) is 18.8 Å². The van der Waals surface area contributed by atoms with E-state index in [0.717, 1.165) is 12.8 Å². The van der Waals surface area contributed by atoms with Gasteiger partial charge >= 0.3 is 0 Å². The maximum atomic E-state index is 10.3. The fraction of sp³-hybridized carbons (Fsp3) is 1.00. The molecule has 0 rings (SSSR count). The zero-order valence-electron chi connectivity index (χ0n) is 11.4. The van der Waals surface area contributed by atoms with Crippen LogP contribution in [0.5, 0.6) is 0 Å². The largest absolute Gasteiger partial charge is 0.390 e. The molecule has 0 radical (unpaired) electrons. The normalized spacial score (nSPS) is 16.4. The van der Waals surface area contributed by atoms with Crippen molar-refractivity contribution in [2.24, 2.45) is 5.41 Å². The molecule has 0 saturated carbocycles. The lowest BCUT2D eigenvalue weighted by Crippen LogP contribution is -2.39. The molecule has 0 aliphatic heterocycles. The van der Waals surface area contributed by atoms with Gasteiger partial charge in [0.05, 0.1) is 5.60 Å². The molecule has 0 aromatic rings. The van der Waals surface area contributed by atoms with Gasteiger partial charge in [-0.15, -0.1) is 0 Å². The van der Waals surface area contributed by atoms with Gasteiger partial charge in [0.2, 0.25) is 0 Å². The summed E-state index contributed by atoms with van der Waals surface area (Å²) in [7, 11) is 0. The fourth-order valence-corrected chi connectivity index (χ4v) is 1.62. The molecule has 92 valence electrons. The number of hydrogen-bond donors (Lipinski definition) is 1. The van der Waals surface area contributed by atoms with E-state index in [1.165, 1.54) is 32.1 Å². The highest BCUT2D eigenvalue weighted by atomic mass is 16.3. The van der Waals surface area contributed by atoms with Crippen LogP contribution in [-0.4, -0.2) is 10.7 Å². The Morgan fingerprint density at radius 3 is 1.73 bits per heavy atom. The first kappa shape index (κ1) is 15.0. The monoisotopic (exact) mass is 214 g/mol. The lowest BCUT2D eigenvalue weighted by Gasteiger charge is -2.37. The van der Waals surface area contributed by atoms with Gasteiger partial charge in [0, 0.05) is 0 Å². The zero-order chi connectivity index (χ0) is 11.9. The fourth-order valence-electron chi connectivity index (χ4n) is 1.62. The summed E-state index contributed by atoms with van der Waals surface area (Å²) in [5, 5.41) is 10.3. The van der Waals surface area contributed by atoms with E-state index in [1.54, 1.807) is 0 Å². The van der Waals surface area contributed by atoms with Crippen LogP contribution in [0.2, 0.25) is 0 Å². The summed E-state index contributed by atoms with van der Waals surface area (Å²) in [6.07, 6.45) is 8.71. The molecule has 0 heterocycles. The molecule has 1 nitrogen and oxygen atoms in total. The van der Waals surface area contributed by atoms with E-state index >= 15 is 0 Å². The van der Waals surface area contributed by atoms with E-state index in [9.17, 15) is 5.11 Å². The standard InChI is InChI=1S/C14H30O/c1-6-7-8-9-10-11-12-14(5,15)13(2,3)4/h15H,6-12H2,1-5H3. The van der Waals surface area contributed by atoms with Crippen LogP contribution in [0.25, 0.3) is 0 Å². The number of unbranched alkanes of at least 4 members (excludes halogenated alkanes) is 5. The van der Waals surface area contributed by atoms with Crippen molar-refractivity contribution >= 4 is 0 Å². The molecule has 0 aliphatic carbocycles. The summed E-state index contributed by atoms with van der Waals surface area (Å²) in [5.74, 6) is 0. The van der Waals surface area contributed by atoms with E-state index in [4.69, 9.17) is 0 Å². The SMILES string of the molecule is CCCCCCCCC(C)(O)C(C)(C)C. The van der Waals surface area contributed by atoms with Crippen molar-refractivity contribution in [1.29, 1.82) is 0 Å². The summed E-state index contributed by atoms with van der Waals surface area (Å²) >= 11 is 0. The Labute approximate surface area is 96.3 Å². The Morgan fingerprint density at radius 1 is 0.800 bits per heavy atom. The first-order valence-corrected chi connectivity index (χ1v) is 6.53. The maximum Gasteiger partial charge on any atom is 0.0667 e. The van der Waals surface area contributed by atoms with Crippen LogP contribution < -0.4 is 0 Å². The molecule has 0 fully saturated rings. The number of hydrogen-bond acceptors (Lipinski definition) is 1. The van der Waals surface area contributed by atoms with Crippen molar-refractivity contribution in [2.45, 2.75) is 85.2 Å². The third kappa shape index (κ3) is 6.19. The summed E-state index contributed by atoms with van der Waals surface area (Å²) in [6, 6.07) is 0. The molecule has 15 heavy (non-hydrogen) atoms. The van der Waals surface area contributed by atoms with E-state index in [0.29, 0.717) is 0 Å². The van der Waals surface area contributed by atoms with Gasteiger partial charge in [0.15, 0.2) is 0 Å². The smallest absolute Gasteiger partial charge is 0.0667 e. The number of aliphatic hydroxyl groups is 1. The van der Waals surface area contributed by atoms with Crippen LogP contribution in [0, 0.1) is 5.41 Å². The van der Waals surface area contributed by atoms with Crippen LogP contribution in [0.15, 0.2) is 0 Å². The Kier molecular flexibility index (Phi) is 6.51. The van der Waals surface area contributed by atoms with E-state index in [2.05, 4.69) is 27.7 Å². The first-order valence-electron chi connectivity index (χ1n) is 6.53. The minimum Gasteiger partial charge on any atom is -0.390 e. The lowest BCUT2D eigenvalue weighted by atomic mass is 9.75. The Hall–Kier alpha value is -0.0400. The van der Waals surface area contributed by atoms with Crippen LogP contribution in [-0.2, 0) is 0 Å². The predicted octanol–water partition coefficient (Wildman–Crippen LogP) is 4.53. The van der Waals surface area contributed by atoms with Gasteiger partial charge in [-0.25, -0.2) is 0 Å². The highest BCUT2D eigenvalue weighted by Gasteiger charge is 2.34. The summed E-state index contributed by atoms with van der Waals surface area (Å²) in [4.78, 5) is 0. The van der Waals surface area contributed by atoms with Crippen molar-refractivity contribution in [2.75, 3.05) is 0 Å². The second-order valence-electron chi connectivity index (χ2n) is 6.04. The molecule has 1 heteroatoms. The Balaban J connectivity index is 3.58. The molecule has 1 N–H and O–H groups in total. The second kappa shape index (κ2) is 6.52. The van der Waals surface area contributed by atoms with Crippen LogP contribution in [0.1, 0.15) is 79.6 Å². The van der Waals surface area contributed by atoms with Crippen molar-refractivity contribution in [3.8, 4) is 0 Å². The maximum absolute atomic E-state index is 10.3. The van der Waals surface area contributed by atoms with Gasteiger partial charge < -0.3 is 5.11 Å². The van der Waals surface area contributed by atoms with Crippen LogP contribution in [0.4, 0.5) is 0 Å². The topological polar surface area (TPSA) is 20.2 Å². The Bertz CT molecular complexity index is 153. The quantitative estimate of drug-likeness (QED) is 0.617. The molecule has 1 unspecified atom stereocenters. The van der Waals surface area contributed by atoms with E-state index < -0.39 is 5.60 Å². The van der Waals surface area contributed by atoms with Gasteiger partial charge in [0.1, 0.15) is 0 Å². The Morgan fingerprint density at radius 2 is 1.27 bits per heavy atom. The van der Waals surface area contributed by atoms with Gasteiger partial charge in [-0.2, -0.15) is 0 Å². The third-order valence-electron chi connectivity index (χ3n) is 3.63. The summed E-state index contributed by atoms with van der Waals surface area (Å²) < 4.78 is 0. The minimum atomic E-state index is -0.516. The molecular formula is C14H30O. The molecule has 0 aliphatic rings. The average molecular weight is 214 g/mol. The van der Waals surface area contributed by atoms with Gasteiger partial charge in [-0.3, -0.25) is 0 Å². The van der Waals surface area contributed by atoms with Gasteiger partial charge in [-0.1, -0.05) is 66.2 Å². The molecule has 0 aromatic carbocycles. The van der Waals surface area contributed by atoms with Crippen molar-refractivity contribution in [3.63, 3.8) is 0 Å². The lowest BCUT2D eigenvalue weighted by molar-refractivity contribution is -0.0496. The predicted molar refractivity (Wildman–Crippen MR) is 68.1 cm³/mol. The van der Waals surface area contributed by atoms with Crippen LogP contribution in [0.3, 0.4) is 0 Å². The molecule has 0 aromatic heterocycles. The van der Waals surface area contributed by atoms with Gasteiger partial charge in [0.25, 0.3) is 0 Å². The summed E-state index contributed by atoms with van der Waals surface area (Å²) in [6.45, 7) is 10.6. The van der Waals surface area contributed by atoms with Crippen molar-refractivity contribution in [3.05, 3.63) is 0 Å². The summed E-state index contributed by atoms with van der Waals surface area (Å²) in [5.41, 5.74) is -0.520. The van der Waals surface area contributed by atoms with Crippen LogP contribution >= 0.6 is 0 Å². The third-order valence-corrected chi connectivity index (χ3v) is 3.63. The highest BCUT2D eigenvalue weighted by molar-refractivity contribution is 4.85. The molecule has 0 saturated heterocycles. The molecule has 1 atom stereocenters. The minimum absolute atomic E-state index is 0.00355. The first-order chi connectivity index (χ1) is 6.81.